The largest absolute Gasteiger partial charge is 0.463 e. The predicted octanol–water partition coefficient (Wildman–Crippen LogP) is 1.60. The van der Waals surface area contributed by atoms with Gasteiger partial charge in [-0.3, -0.25) is 0 Å². The van der Waals surface area contributed by atoms with Crippen LogP contribution in [0.25, 0.3) is 0 Å². The SMILES string of the molecule is C=CC(F)(CCC1OCCO1)C(=O)OCC. The molecule has 1 fully saturated rings. The standard InChI is InChI=1S/C11H17FO4/c1-3-11(12,10(13)14-4-2)6-5-9-15-7-8-16-9/h3,9H,1,4-8H2,2H3. The maximum absolute atomic E-state index is 14.1. The molecule has 1 aliphatic heterocycles. The monoisotopic (exact) mass is 232 g/mol. The van der Waals surface area contributed by atoms with Gasteiger partial charge in [0.15, 0.2) is 6.29 Å². The van der Waals surface area contributed by atoms with Crippen molar-refractivity contribution >= 4 is 5.97 Å². The van der Waals surface area contributed by atoms with E-state index in [2.05, 4.69) is 11.3 Å². The molecule has 0 aromatic rings. The number of halogens is 1. The zero-order chi connectivity index (χ0) is 12.0. The number of alkyl halides is 1. The second-order valence-corrected chi connectivity index (χ2v) is 3.50. The first-order valence-corrected chi connectivity index (χ1v) is 5.35. The van der Waals surface area contributed by atoms with Gasteiger partial charge in [0.1, 0.15) is 0 Å². The fourth-order valence-electron chi connectivity index (χ4n) is 1.44. The number of hydrogen-bond donors (Lipinski definition) is 0. The van der Waals surface area contributed by atoms with Crippen LogP contribution in [0, 0.1) is 0 Å². The Hall–Kier alpha value is -0.940. The maximum Gasteiger partial charge on any atom is 0.347 e. The number of carbonyl (C=O) groups is 1. The summed E-state index contributed by atoms with van der Waals surface area (Å²) in [6.07, 6.45) is 0.811. The molecule has 0 N–H and O–H groups in total. The molecule has 1 aliphatic rings. The fourth-order valence-corrected chi connectivity index (χ4v) is 1.44. The summed E-state index contributed by atoms with van der Waals surface area (Å²) >= 11 is 0. The fraction of sp³-hybridized carbons (Fsp3) is 0.727. The molecule has 1 saturated heterocycles. The summed E-state index contributed by atoms with van der Waals surface area (Å²) < 4.78 is 29.0. The van der Waals surface area contributed by atoms with Crippen molar-refractivity contribution in [3.8, 4) is 0 Å². The Bertz CT molecular complexity index is 250. The van der Waals surface area contributed by atoms with Crippen LogP contribution in [0.5, 0.6) is 0 Å². The first-order chi connectivity index (χ1) is 7.62. The zero-order valence-electron chi connectivity index (χ0n) is 9.41. The highest BCUT2D eigenvalue weighted by Gasteiger charge is 2.37. The normalized spacial score (nSPS) is 20.4. The van der Waals surface area contributed by atoms with Crippen molar-refractivity contribution in [1.82, 2.24) is 0 Å². The lowest BCUT2D eigenvalue weighted by Gasteiger charge is -2.20. The number of rotatable bonds is 6. The van der Waals surface area contributed by atoms with Gasteiger partial charge < -0.3 is 14.2 Å². The van der Waals surface area contributed by atoms with Crippen molar-refractivity contribution in [2.24, 2.45) is 0 Å². The summed E-state index contributed by atoms with van der Waals surface area (Å²) in [6.45, 7) is 6.12. The lowest BCUT2D eigenvalue weighted by atomic mass is 10.00. The van der Waals surface area contributed by atoms with Crippen molar-refractivity contribution < 1.29 is 23.4 Å². The van der Waals surface area contributed by atoms with Crippen molar-refractivity contribution in [3.63, 3.8) is 0 Å². The van der Waals surface area contributed by atoms with Gasteiger partial charge >= 0.3 is 5.97 Å². The van der Waals surface area contributed by atoms with Crippen LogP contribution in [0.2, 0.25) is 0 Å². The van der Waals surface area contributed by atoms with Crippen LogP contribution in [0.15, 0.2) is 12.7 Å². The average molecular weight is 232 g/mol. The lowest BCUT2D eigenvalue weighted by Crippen LogP contribution is -2.34. The molecule has 16 heavy (non-hydrogen) atoms. The highest BCUT2D eigenvalue weighted by Crippen LogP contribution is 2.24. The van der Waals surface area contributed by atoms with Gasteiger partial charge in [-0.15, -0.1) is 0 Å². The van der Waals surface area contributed by atoms with Crippen LogP contribution >= 0.6 is 0 Å². The van der Waals surface area contributed by atoms with E-state index in [0.29, 0.717) is 19.6 Å². The molecule has 5 heteroatoms. The molecule has 92 valence electrons. The molecule has 0 spiro atoms. The van der Waals surface area contributed by atoms with Crippen LogP contribution in [-0.2, 0) is 19.0 Å². The summed E-state index contributed by atoms with van der Waals surface area (Å²) in [5.74, 6) is -0.900. The topological polar surface area (TPSA) is 44.8 Å². The second-order valence-electron chi connectivity index (χ2n) is 3.50. The first-order valence-electron chi connectivity index (χ1n) is 5.35. The van der Waals surface area contributed by atoms with E-state index in [1.54, 1.807) is 6.92 Å². The summed E-state index contributed by atoms with van der Waals surface area (Å²) in [5.41, 5.74) is -2.15. The van der Waals surface area contributed by atoms with Gasteiger partial charge in [-0.25, -0.2) is 9.18 Å². The first kappa shape index (κ1) is 13.1. The van der Waals surface area contributed by atoms with Crippen LogP contribution in [0.1, 0.15) is 19.8 Å². The number of ether oxygens (including phenoxy) is 3. The summed E-state index contributed by atoms with van der Waals surface area (Å²) in [7, 11) is 0. The molecule has 1 unspecified atom stereocenters. The molecule has 0 bridgehead atoms. The van der Waals surface area contributed by atoms with E-state index in [1.807, 2.05) is 0 Å². The molecule has 1 atom stereocenters. The number of carbonyl (C=O) groups excluding carboxylic acids is 1. The summed E-state index contributed by atoms with van der Waals surface area (Å²) in [5, 5.41) is 0. The van der Waals surface area contributed by atoms with E-state index in [9.17, 15) is 9.18 Å². The summed E-state index contributed by atoms with van der Waals surface area (Å²) in [4.78, 5) is 11.4. The molecule has 4 nitrogen and oxygen atoms in total. The Kier molecular flexibility index (Phi) is 4.89. The Balaban J connectivity index is 2.45. The minimum Gasteiger partial charge on any atom is -0.463 e. The number of esters is 1. The molecular weight excluding hydrogens is 215 g/mol. The maximum atomic E-state index is 14.1. The third kappa shape index (κ3) is 3.28. The molecule has 0 radical (unpaired) electrons. The minimum absolute atomic E-state index is 0.0417. The van der Waals surface area contributed by atoms with Crippen LogP contribution < -0.4 is 0 Å². The minimum atomic E-state index is -2.15. The molecule has 0 aromatic heterocycles. The van der Waals surface area contributed by atoms with E-state index in [1.165, 1.54) is 0 Å². The molecule has 0 saturated carbocycles. The van der Waals surface area contributed by atoms with Gasteiger partial charge in [0.2, 0.25) is 5.67 Å². The number of hydrogen-bond acceptors (Lipinski definition) is 4. The third-order valence-corrected chi connectivity index (χ3v) is 2.37. The quantitative estimate of drug-likeness (QED) is 0.515. The van der Waals surface area contributed by atoms with Crippen LogP contribution in [0.4, 0.5) is 4.39 Å². The highest BCUT2D eigenvalue weighted by atomic mass is 19.1. The Morgan fingerprint density at radius 2 is 2.25 bits per heavy atom. The van der Waals surface area contributed by atoms with Crippen molar-refractivity contribution in [1.29, 1.82) is 0 Å². The Morgan fingerprint density at radius 1 is 1.62 bits per heavy atom. The molecular formula is C11H17FO4. The van der Waals surface area contributed by atoms with Crippen molar-refractivity contribution in [2.45, 2.75) is 31.7 Å². The second kappa shape index (κ2) is 5.96. The van der Waals surface area contributed by atoms with Crippen LogP contribution in [0.3, 0.4) is 0 Å². The Labute approximate surface area is 94.4 Å². The van der Waals surface area contributed by atoms with E-state index < -0.39 is 17.9 Å². The van der Waals surface area contributed by atoms with Gasteiger partial charge in [-0.2, -0.15) is 0 Å². The molecule has 0 aromatic carbocycles. The van der Waals surface area contributed by atoms with E-state index in [0.717, 1.165) is 6.08 Å². The van der Waals surface area contributed by atoms with Gasteiger partial charge in [0.05, 0.1) is 19.8 Å². The lowest BCUT2D eigenvalue weighted by molar-refractivity contribution is -0.155. The van der Waals surface area contributed by atoms with E-state index >= 15 is 0 Å². The highest BCUT2D eigenvalue weighted by molar-refractivity contribution is 5.81. The smallest absolute Gasteiger partial charge is 0.347 e. The third-order valence-electron chi connectivity index (χ3n) is 2.37. The Morgan fingerprint density at radius 3 is 2.75 bits per heavy atom. The van der Waals surface area contributed by atoms with Crippen LogP contribution in [-0.4, -0.2) is 37.7 Å². The predicted molar refractivity (Wildman–Crippen MR) is 55.6 cm³/mol. The van der Waals surface area contributed by atoms with Gasteiger partial charge in [-0.05, 0) is 13.0 Å². The molecule has 1 rings (SSSR count). The average Bonchev–Trinajstić information content (AvgIpc) is 2.79. The van der Waals surface area contributed by atoms with Gasteiger partial charge in [0, 0.05) is 12.8 Å². The molecule has 1 heterocycles. The van der Waals surface area contributed by atoms with Gasteiger partial charge in [-0.1, -0.05) is 6.58 Å². The van der Waals surface area contributed by atoms with Crippen molar-refractivity contribution in [3.05, 3.63) is 12.7 Å². The van der Waals surface area contributed by atoms with E-state index in [-0.39, 0.29) is 13.0 Å². The summed E-state index contributed by atoms with van der Waals surface area (Å²) in [6, 6.07) is 0. The van der Waals surface area contributed by atoms with Crippen molar-refractivity contribution in [2.75, 3.05) is 19.8 Å². The molecule has 0 amide bonds. The van der Waals surface area contributed by atoms with Gasteiger partial charge in [0.25, 0.3) is 0 Å². The molecule has 0 aliphatic carbocycles. The van der Waals surface area contributed by atoms with E-state index in [4.69, 9.17) is 9.47 Å². The zero-order valence-corrected chi connectivity index (χ0v) is 9.41.